The summed E-state index contributed by atoms with van der Waals surface area (Å²) in [6.07, 6.45) is 2.57. The highest BCUT2D eigenvalue weighted by molar-refractivity contribution is 5.76. The third kappa shape index (κ3) is 1.59. The summed E-state index contributed by atoms with van der Waals surface area (Å²) in [6.45, 7) is 6.15. The van der Waals surface area contributed by atoms with Gasteiger partial charge in [0.05, 0.1) is 0 Å². The smallest absolute Gasteiger partial charge is 0.0392 e. The quantitative estimate of drug-likeness (QED) is 0.683. The van der Waals surface area contributed by atoms with Gasteiger partial charge in [0.2, 0.25) is 0 Å². The molecule has 13 heavy (non-hydrogen) atoms. The maximum absolute atomic E-state index is 5.93. The average Bonchev–Trinajstić information content (AvgIpc) is 2.85. The van der Waals surface area contributed by atoms with Gasteiger partial charge in [0.15, 0.2) is 0 Å². The van der Waals surface area contributed by atoms with Gasteiger partial charge in [-0.25, -0.2) is 0 Å². The molecule has 1 aliphatic rings. The molecule has 1 heteroatoms. The van der Waals surface area contributed by atoms with Crippen LogP contribution in [0.3, 0.4) is 0 Å². The van der Waals surface area contributed by atoms with E-state index in [0.717, 1.165) is 11.3 Å². The fraction of sp³-hybridized carbons (Fsp3) is 0.333. The predicted octanol–water partition coefficient (Wildman–Crippen LogP) is 3.00. The summed E-state index contributed by atoms with van der Waals surface area (Å²) in [5.74, 6) is 0.699. The van der Waals surface area contributed by atoms with E-state index in [1.54, 1.807) is 0 Å². The van der Waals surface area contributed by atoms with Crippen molar-refractivity contribution in [3.8, 4) is 0 Å². The van der Waals surface area contributed by atoms with Gasteiger partial charge in [-0.05, 0) is 42.9 Å². The number of allylic oxidation sites excluding steroid dienone is 1. The van der Waals surface area contributed by atoms with Gasteiger partial charge in [0, 0.05) is 11.3 Å². The van der Waals surface area contributed by atoms with Crippen LogP contribution in [0, 0.1) is 12.8 Å². The Morgan fingerprint density at radius 3 is 2.69 bits per heavy atom. The number of benzene rings is 1. The van der Waals surface area contributed by atoms with Crippen molar-refractivity contribution in [3.63, 3.8) is 0 Å². The van der Waals surface area contributed by atoms with Crippen molar-refractivity contribution in [3.05, 3.63) is 35.9 Å². The number of rotatable bonds is 2. The largest absolute Gasteiger partial charge is 0.398 e. The lowest BCUT2D eigenvalue weighted by Crippen LogP contribution is -1.94. The minimum atomic E-state index is 0.699. The number of hydrogen-bond acceptors (Lipinski definition) is 1. The summed E-state index contributed by atoms with van der Waals surface area (Å²) < 4.78 is 0. The molecule has 1 saturated carbocycles. The highest BCUT2D eigenvalue weighted by Crippen LogP contribution is 2.42. The lowest BCUT2D eigenvalue weighted by Gasteiger charge is -2.08. The second-order valence-corrected chi connectivity index (χ2v) is 3.89. The van der Waals surface area contributed by atoms with Crippen molar-refractivity contribution in [2.45, 2.75) is 19.8 Å². The van der Waals surface area contributed by atoms with Crippen LogP contribution in [0.4, 0.5) is 5.69 Å². The fourth-order valence-corrected chi connectivity index (χ4v) is 1.63. The highest BCUT2D eigenvalue weighted by Gasteiger charge is 2.26. The van der Waals surface area contributed by atoms with Gasteiger partial charge in [0.1, 0.15) is 0 Å². The summed E-state index contributed by atoms with van der Waals surface area (Å²) in [6, 6.07) is 6.20. The van der Waals surface area contributed by atoms with E-state index < -0.39 is 0 Å². The van der Waals surface area contributed by atoms with E-state index in [9.17, 15) is 0 Å². The summed E-state index contributed by atoms with van der Waals surface area (Å²) in [5.41, 5.74) is 10.4. The molecule has 1 aromatic rings. The topological polar surface area (TPSA) is 26.0 Å². The van der Waals surface area contributed by atoms with E-state index in [-0.39, 0.29) is 0 Å². The van der Waals surface area contributed by atoms with E-state index in [0.29, 0.717) is 5.92 Å². The molecule has 2 rings (SSSR count). The monoisotopic (exact) mass is 173 g/mol. The molecule has 0 aromatic heterocycles. The van der Waals surface area contributed by atoms with Crippen LogP contribution in [-0.4, -0.2) is 0 Å². The second-order valence-electron chi connectivity index (χ2n) is 3.89. The first-order chi connectivity index (χ1) is 6.18. The molecule has 0 heterocycles. The molecule has 0 radical (unpaired) electrons. The van der Waals surface area contributed by atoms with Crippen molar-refractivity contribution in [2.24, 2.45) is 5.92 Å². The van der Waals surface area contributed by atoms with E-state index in [2.05, 4.69) is 25.6 Å². The zero-order valence-electron chi connectivity index (χ0n) is 8.01. The van der Waals surface area contributed by atoms with Crippen LogP contribution in [0.2, 0.25) is 0 Å². The van der Waals surface area contributed by atoms with Gasteiger partial charge in [-0.1, -0.05) is 18.7 Å². The van der Waals surface area contributed by atoms with Gasteiger partial charge in [-0.2, -0.15) is 0 Å². The third-order valence-corrected chi connectivity index (χ3v) is 2.62. The molecule has 68 valence electrons. The summed E-state index contributed by atoms with van der Waals surface area (Å²) >= 11 is 0. The minimum absolute atomic E-state index is 0.699. The Morgan fingerprint density at radius 1 is 1.46 bits per heavy atom. The maximum atomic E-state index is 5.93. The van der Waals surface area contributed by atoms with Crippen LogP contribution in [0.25, 0.3) is 5.57 Å². The number of nitrogens with two attached hydrogens (primary N) is 1. The average molecular weight is 173 g/mol. The summed E-state index contributed by atoms with van der Waals surface area (Å²) in [5, 5.41) is 0. The van der Waals surface area contributed by atoms with Gasteiger partial charge in [0.25, 0.3) is 0 Å². The number of hydrogen-bond donors (Lipinski definition) is 1. The van der Waals surface area contributed by atoms with Crippen LogP contribution in [0.5, 0.6) is 0 Å². The molecule has 0 saturated heterocycles. The van der Waals surface area contributed by atoms with Crippen molar-refractivity contribution >= 4 is 11.3 Å². The van der Waals surface area contributed by atoms with Crippen LogP contribution in [0.1, 0.15) is 24.0 Å². The van der Waals surface area contributed by atoms with Gasteiger partial charge >= 0.3 is 0 Å². The predicted molar refractivity (Wildman–Crippen MR) is 57.3 cm³/mol. The summed E-state index contributed by atoms with van der Waals surface area (Å²) in [7, 11) is 0. The molecule has 0 atom stereocenters. The Hall–Kier alpha value is -1.24. The van der Waals surface area contributed by atoms with E-state index in [1.165, 1.54) is 24.0 Å². The lowest BCUT2D eigenvalue weighted by molar-refractivity contribution is 1.15. The molecule has 1 fully saturated rings. The Balaban J connectivity index is 2.33. The van der Waals surface area contributed by atoms with Crippen molar-refractivity contribution in [1.82, 2.24) is 0 Å². The molecule has 0 unspecified atom stereocenters. The fourth-order valence-electron chi connectivity index (χ4n) is 1.63. The molecule has 1 aromatic carbocycles. The van der Waals surface area contributed by atoms with E-state index in [1.807, 2.05) is 6.07 Å². The van der Waals surface area contributed by atoms with Crippen LogP contribution >= 0.6 is 0 Å². The number of anilines is 1. The minimum Gasteiger partial charge on any atom is -0.398 e. The molecule has 1 aliphatic carbocycles. The lowest BCUT2D eigenvalue weighted by atomic mass is 10.00. The second kappa shape index (κ2) is 2.91. The van der Waals surface area contributed by atoms with Crippen molar-refractivity contribution < 1.29 is 0 Å². The molecule has 0 bridgehead atoms. The number of aryl methyl sites for hydroxylation is 1. The molecule has 0 spiro atoms. The zero-order chi connectivity index (χ0) is 9.42. The normalized spacial score (nSPS) is 15.8. The van der Waals surface area contributed by atoms with Crippen molar-refractivity contribution in [2.75, 3.05) is 5.73 Å². The standard InChI is InChI=1S/C12H15N/c1-8-3-6-11(12(13)7-8)9(2)10-4-5-10/h3,6-7,10H,2,4-5,13H2,1H3. The Labute approximate surface area is 79.3 Å². The van der Waals surface area contributed by atoms with Gasteiger partial charge < -0.3 is 5.73 Å². The van der Waals surface area contributed by atoms with Crippen LogP contribution < -0.4 is 5.73 Å². The SMILES string of the molecule is C=C(c1ccc(C)cc1N)C1CC1. The van der Waals surface area contributed by atoms with Gasteiger partial charge in [-0.15, -0.1) is 0 Å². The molecule has 1 nitrogen and oxygen atoms in total. The molecular weight excluding hydrogens is 158 g/mol. The zero-order valence-corrected chi connectivity index (χ0v) is 8.01. The maximum Gasteiger partial charge on any atom is 0.0392 e. The third-order valence-electron chi connectivity index (χ3n) is 2.62. The van der Waals surface area contributed by atoms with E-state index in [4.69, 9.17) is 5.73 Å². The Morgan fingerprint density at radius 2 is 2.15 bits per heavy atom. The molecule has 2 N–H and O–H groups in total. The first-order valence-electron chi connectivity index (χ1n) is 4.74. The number of nitrogen functional groups attached to an aromatic ring is 1. The van der Waals surface area contributed by atoms with Crippen LogP contribution in [0.15, 0.2) is 24.8 Å². The molecule has 0 aliphatic heterocycles. The van der Waals surface area contributed by atoms with Crippen molar-refractivity contribution in [1.29, 1.82) is 0 Å². The first kappa shape index (κ1) is 8.36. The van der Waals surface area contributed by atoms with Gasteiger partial charge in [-0.3, -0.25) is 0 Å². The molecular formula is C12H15N. The van der Waals surface area contributed by atoms with E-state index >= 15 is 0 Å². The first-order valence-corrected chi connectivity index (χ1v) is 4.74. The van der Waals surface area contributed by atoms with Crippen LogP contribution in [-0.2, 0) is 0 Å². The molecule has 0 amide bonds. The summed E-state index contributed by atoms with van der Waals surface area (Å²) in [4.78, 5) is 0. The Bertz CT molecular complexity index is 348. The highest BCUT2D eigenvalue weighted by atomic mass is 14.6. The Kier molecular flexibility index (Phi) is 1.87.